The number of ether oxygens (including phenoxy) is 1. The standard InChI is InChI=1S/C22H19NO2S2/c24-19-12-16(20-6-3-9-26-20)10-17-13-23(7-8-25-22(17)19)14-18-11-15-4-1-2-5-21(15)27-18/h1-6,9-12,24H,7-8,13-14H2. The first-order valence-electron chi connectivity index (χ1n) is 8.99. The number of fused-ring (bicyclic) bond motifs is 2. The molecule has 0 fully saturated rings. The summed E-state index contributed by atoms with van der Waals surface area (Å²) >= 11 is 3.54. The summed E-state index contributed by atoms with van der Waals surface area (Å²) in [6.45, 7) is 3.10. The van der Waals surface area contributed by atoms with Gasteiger partial charge < -0.3 is 9.84 Å². The van der Waals surface area contributed by atoms with Crippen LogP contribution in [0.3, 0.4) is 0 Å². The van der Waals surface area contributed by atoms with Crippen LogP contribution in [0.1, 0.15) is 10.4 Å². The maximum atomic E-state index is 10.5. The molecule has 2 aromatic carbocycles. The number of phenols is 1. The predicted molar refractivity (Wildman–Crippen MR) is 113 cm³/mol. The van der Waals surface area contributed by atoms with Crippen molar-refractivity contribution in [3.05, 3.63) is 70.4 Å². The number of thiophene rings is 2. The molecular formula is C22H19NO2S2. The SMILES string of the molecule is Oc1cc(-c2cccs2)cc2c1OCCN(Cc1cc3ccccc3s1)C2. The van der Waals surface area contributed by atoms with Crippen LogP contribution in [-0.4, -0.2) is 23.2 Å². The first-order chi connectivity index (χ1) is 13.3. The van der Waals surface area contributed by atoms with Gasteiger partial charge in [-0.2, -0.15) is 0 Å². The van der Waals surface area contributed by atoms with Crippen LogP contribution in [0.25, 0.3) is 20.5 Å². The lowest BCUT2D eigenvalue weighted by Gasteiger charge is -2.18. The fourth-order valence-electron chi connectivity index (χ4n) is 3.61. The predicted octanol–water partition coefficient (Wildman–Crippen LogP) is 5.73. The first-order valence-corrected chi connectivity index (χ1v) is 10.7. The molecule has 2 aromatic heterocycles. The minimum absolute atomic E-state index is 0.236. The van der Waals surface area contributed by atoms with Crippen molar-refractivity contribution >= 4 is 32.8 Å². The average molecular weight is 394 g/mol. The third kappa shape index (κ3) is 3.34. The van der Waals surface area contributed by atoms with Gasteiger partial charge in [-0.05, 0) is 46.7 Å². The van der Waals surface area contributed by atoms with E-state index in [4.69, 9.17) is 4.74 Å². The van der Waals surface area contributed by atoms with Gasteiger partial charge in [0.2, 0.25) is 0 Å². The lowest BCUT2D eigenvalue weighted by molar-refractivity contribution is 0.218. The highest BCUT2D eigenvalue weighted by atomic mass is 32.1. The monoisotopic (exact) mass is 393 g/mol. The van der Waals surface area contributed by atoms with Gasteiger partial charge in [0.05, 0.1) is 0 Å². The van der Waals surface area contributed by atoms with Crippen molar-refractivity contribution in [3.8, 4) is 21.9 Å². The first kappa shape index (κ1) is 16.8. The molecule has 4 aromatic rings. The largest absolute Gasteiger partial charge is 0.504 e. The number of aromatic hydroxyl groups is 1. The van der Waals surface area contributed by atoms with Crippen LogP contribution < -0.4 is 4.74 Å². The van der Waals surface area contributed by atoms with Gasteiger partial charge in [-0.1, -0.05) is 24.3 Å². The van der Waals surface area contributed by atoms with Crippen LogP contribution in [0.4, 0.5) is 0 Å². The van der Waals surface area contributed by atoms with Crippen LogP contribution in [0, 0.1) is 0 Å². The highest BCUT2D eigenvalue weighted by Crippen LogP contribution is 2.39. The Labute approximate surface area is 166 Å². The van der Waals surface area contributed by atoms with Crippen LogP contribution in [0.5, 0.6) is 11.5 Å². The zero-order valence-corrected chi connectivity index (χ0v) is 16.4. The molecule has 1 aliphatic rings. The molecule has 1 N–H and O–H groups in total. The lowest BCUT2D eigenvalue weighted by Crippen LogP contribution is -2.24. The quantitative estimate of drug-likeness (QED) is 0.482. The highest BCUT2D eigenvalue weighted by Gasteiger charge is 2.20. The maximum absolute atomic E-state index is 10.5. The van der Waals surface area contributed by atoms with Crippen molar-refractivity contribution in [2.45, 2.75) is 13.1 Å². The summed E-state index contributed by atoms with van der Waals surface area (Å²) in [4.78, 5) is 4.92. The molecule has 0 aliphatic carbocycles. The Bertz CT molecular complexity index is 1050. The van der Waals surface area contributed by atoms with Gasteiger partial charge in [-0.25, -0.2) is 0 Å². The highest BCUT2D eigenvalue weighted by molar-refractivity contribution is 7.19. The van der Waals surface area contributed by atoms with Gasteiger partial charge in [0, 0.05) is 39.7 Å². The van der Waals surface area contributed by atoms with E-state index in [1.54, 1.807) is 11.3 Å². The molecule has 0 bridgehead atoms. The third-order valence-corrected chi connectivity index (χ3v) is 6.88. The van der Waals surface area contributed by atoms with E-state index in [2.05, 4.69) is 52.7 Å². The van der Waals surface area contributed by atoms with E-state index >= 15 is 0 Å². The minimum atomic E-state index is 0.236. The van der Waals surface area contributed by atoms with Crippen LogP contribution in [0.15, 0.2) is 60.0 Å². The number of hydrogen-bond donors (Lipinski definition) is 1. The molecule has 27 heavy (non-hydrogen) atoms. The molecule has 0 saturated heterocycles. The topological polar surface area (TPSA) is 32.7 Å². The molecule has 136 valence electrons. The second-order valence-corrected chi connectivity index (χ2v) is 8.89. The summed E-state index contributed by atoms with van der Waals surface area (Å²) in [5.74, 6) is 0.869. The summed E-state index contributed by atoms with van der Waals surface area (Å²) in [6, 6.07) is 18.9. The zero-order chi connectivity index (χ0) is 18.2. The zero-order valence-electron chi connectivity index (χ0n) is 14.7. The second-order valence-electron chi connectivity index (χ2n) is 6.77. The van der Waals surface area contributed by atoms with Gasteiger partial charge in [0.25, 0.3) is 0 Å². The van der Waals surface area contributed by atoms with E-state index in [-0.39, 0.29) is 5.75 Å². The lowest BCUT2D eigenvalue weighted by atomic mass is 10.1. The molecule has 1 aliphatic heterocycles. The minimum Gasteiger partial charge on any atom is -0.504 e. The molecule has 0 unspecified atom stereocenters. The molecule has 3 heterocycles. The molecule has 0 atom stereocenters. The Morgan fingerprint density at radius 3 is 2.85 bits per heavy atom. The van der Waals surface area contributed by atoms with Crippen LogP contribution in [0.2, 0.25) is 0 Å². The van der Waals surface area contributed by atoms with E-state index in [1.165, 1.54) is 15.0 Å². The summed E-state index contributed by atoms with van der Waals surface area (Å²) in [6.07, 6.45) is 0. The molecule has 5 heteroatoms. The number of benzene rings is 2. The fraction of sp³-hybridized carbons (Fsp3) is 0.182. The van der Waals surface area contributed by atoms with Gasteiger partial charge in [-0.15, -0.1) is 22.7 Å². The van der Waals surface area contributed by atoms with Gasteiger partial charge in [0.15, 0.2) is 11.5 Å². The number of hydrogen-bond acceptors (Lipinski definition) is 5. The van der Waals surface area contributed by atoms with Crippen molar-refractivity contribution in [1.29, 1.82) is 0 Å². The Morgan fingerprint density at radius 1 is 1.07 bits per heavy atom. The molecule has 0 spiro atoms. The Hall–Kier alpha value is -2.34. The Balaban J connectivity index is 1.44. The summed E-state index contributed by atoms with van der Waals surface area (Å²) in [5, 5.41) is 13.9. The molecule has 0 amide bonds. The van der Waals surface area contributed by atoms with Crippen LogP contribution in [-0.2, 0) is 13.1 Å². The smallest absolute Gasteiger partial charge is 0.165 e. The van der Waals surface area contributed by atoms with Crippen LogP contribution >= 0.6 is 22.7 Å². The number of rotatable bonds is 3. The van der Waals surface area contributed by atoms with Gasteiger partial charge in [0.1, 0.15) is 6.61 Å². The van der Waals surface area contributed by atoms with E-state index < -0.39 is 0 Å². The van der Waals surface area contributed by atoms with Crippen molar-refractivity contribution in [3.63, 3.8) is 0 Å². The molecule has 0 radical (unpaired) electrons. The molecular weight excluding hydrogens is 374 g/mol. The van der Waals surface area contributed by atoms with Crippen molar-refractivity contribution < 1.29 is 9.84 Å². The summed E-state index contributed by atoms with van der Waals surface area (Å²) in [7, 11) is 0. The molecule has 0 saturated carbocycles. The van der Waals surface area contributed by atoms with Gasteiger partial charge in [-0.3, -0.25) is 4.90 Å². The van der Waals surface area contributed by atoms with E-state index in [0.717, 1.165) is 35.6 Å². The number of phenolic OH excluding ortho intramolecular Hbond substituents is 1. The van der Waals surface area contributed by atoms with E-state index in [1.807, 2.05) is 23.5 Å². The average Bonchev–Trinajstić information content (AvgIpc) is 3.28. The Morgan fingerprint density at radius 2 is 2.00 bits per heavy atom. The van der Waals surface area contributed by atoms with Crippen molar-refractivity contribution in [2.75, 3.05) is 13.2 Å². The van der Waals surface area contributed by atoms with Crippen molar-refractivity contribution in [1.82, 2.24) is 4.90 Å². The van der Waals surface area contributed by atoms with E-state index in [0.29, 0.717) is 12.4 Å². The summed E-state index contributed by atoms with van der Waals surface area (Å²) in [5.41, 5.74) is 2.10. The normalized spacial score (nSPS) is 14.7. The Kier molecular flexibility index (Phi) is 4.36. The van der Waals surface area contributed by atoms with Crippen molar-refractivity contribution in [2.24, 2.45) is 0 Å². The fourth-order valence-corrected chi connectivity index (χ4v) is 5.43. The maximum Gasteiger partial charge on any atom is 0.165 e. The third-order valence-electron chi connectivity index (χ3n) is 4.86. The molecule has 3 nitrogen and oxygen atoms in total. The van der Waals surface area contributed by atoms with E-state index in [9.17, 15) is 5.11 Å². The summed E-state index contributed by atoms with van der Waals surface area (Å²) < 4.78 is 7.22. The molecule has 5 rings (SSSR count). The number of nitrogens with zero attached hydrogens (tertiary/aromatic N) is 1. The second kappa shape index (κ2) is 7.00. The van der Waals surface area contributed by atoms with Gasteiger partial charge >= 0.3 is 0 Å².